The zero-order valence-electron chi connectivity index (χ0n) is 13.1. The molecule has 1 rings (SSSR count). The molecule has 0 saturated carbocycles. The number of benzene rings is 1. The Morgan fingerprint density at radius 2 is 1.83 bits per heavy atom. The molecular formula is C14H20N2O6S. The number of nitrogens with one attached hydrogen (secondary N) is 1. The molecule has 9 heteroatoms. The van der Waals surface area contributed by atoms with Gasteiger partial charge in [-0.05, 0) is 31.2 Å². The van der Waals surface area contributed by atoms with E-state index in [4.69, 9.17) is 9.29 Å². The summed E-state index contributed by atoms with van der Waals surface area (Å²) in [5.74, 6) is -2.52. The van der Waals surface area contributed by atoms with Crippen LogP contribution in [-0.2, 0) is 19.6 Å². The summed E-state index contributed by atoms with van der Waals surface area (Å²) in [6.45, 7) is 1.57. The maximum Gasteiger partial charge on any atom is 0.329 e. The molecule has 1 amide bonds. The average Bonchev–Trinajstić information content (AvgIpc) is 2.45. The van der Waals surface area contributed by atoms with E-state index in [-0.39, 0.29) is 12.2 Å². The molecule has 1 atom stereocenters. The van der Waals surface area contributed by atoms with Crippen molar-refractivity contribution in [3.8, 4) is 0 Å². The largest absolute Gasteiger partial charge is 0.464 e. The highest BCUT2D eigenvalue weighted by molar-refractivity contribution is 7.85. The number of ether oxygens (including phenoxy) is 1. The second kappa shape index (κ2) is 7.93. The number of amides is 1. The number of esters is 1. The first-order valence-electron chi connectivity index (χ1n) is 6.84. The van der Waals surface area contributed by atoms with Gasteiger partial charge in [0.25, 0.3) is 16.0 Å². The minimum Gasteiger partial charge on any atom is -0.464 e. The van der Waals surface area contributed by atoms with Crippen LogP contribution in [0.3, 0.4) is 0 Å². The molecule has 0 aliphatic heterocycles. The van der Waals surface area contributed by atoms with Crippen LogP contribution in [0, 0.1) is 0 Å². The second-order valence-corrected chi connectivity index (χ2v) is 6.47. The summed E-state index contributed by atoms with van der Waals surface area (Å²) < 4.78 is 35.6. The Kier molecular flexibility index (Phi) is 6.52. The third-order valence-electron chi connectivity index (χ3n) is 2.90. The molecule has 1 aromatic rings. The molecule has 8 nitrogen and oxygen atoms in total. The lowest BCUT2D eigenvalue weighted by molar-refractivity contribution is -0.144. The summed E-state index contributed by atoms with van der Waals surface area (Å²) >= 11 is 0. The quantitative estimate of drug-likeness (QED) is 0.540. The van der Waals surface area contributed by atoms with E-state index in [9.17, 15) is 18.0 Å². The van der Waals surface area contributed by atoms with Crippen LogP contribution >= 0.6 is 0 Å². The van der Waals surface area contributed by atoms with E-state index in [1.165, 1.54) is 0 Å². The van der Waals surface area contributed by atoms with Gasteiger partial charge in [0, 0.05) is 25.3 Å². The molecule has 1 unspecified atom stereocenters. The van der Waals surface area contributed by atoms with Crippen molar-refractivity contribution in [1.82, 2.24) is 5.32 Å². The van der Waals surface area contributed by atoms with Crippen molar-refractivity contribution in [3.05, 3.63) is 29.8 Å². The maximum atomic E-state index is 12.1. The third kappa shape index (κ3) is 6.25. The van der Waals surface area contributed by atoms with E-state index >= 15 is 0 Å². The highest BCUT2D eigenvalue weighted by atomic mass is 32.2. The summed E-state index contributed by atoms with van der Waals surface area (Å²) in [5, 5.41) is 2.26. The molecule has 0 fully saturated rings. The van der Waals surface area contributed by atoms with Crippen LogP contribution in [0.5, 0.6) is 0 Å². The Morgan fingerprint density at radius 1 is 1.26 bits per heavy atom. The number of anilines is 1. The van der Waals surface area contributed by atoms with Gasteiger partial charge < -0.3 is 15.0 Å². The molecule has 23 heavy (non-hydrogen) atoms. The zero-order valence-corrected chi connectivity index (χ0v) is 14.0. The van der Waals surface area contributed by atoms with Crippen LogP contribution in [-0.4, -0.2) is 57.3 Å². The summed E-state index contributed by atoms with van der Waals surface area (Å²) in [7, 11) is -0.764. The standard InChI is InChI=1S/C14H20N2O6S/c1-4-22-14(18)12(9-23(19,20)21)15-13(17)10-5-7-11(8-6-10)16(2)3/h5-8,12H,4,9H2,1-3H3,(H,15,17)(H,19,20,21). The van der Waals surface area contributed by atoms with E-state index in [1.807, 2.05) is 19.0 Å². The fourth-order valence-electron chi connectivity index (χ4n) is 1.77. The summed E-state index contributed by atoms with van der Waals surface area (Å²) in [6, 6.07) is 5.01. The molecule has 0 heterocycles. The first-order chi connectivity index (χ1) is 10.6. The van der Waals surface area contributed by atoms with Gasteiger partial charge in [-0.3, -0.25) is 9.35 Å². The van der Waals surface area contributed by atoms with Crippen molar-refractivity contribution >= 4 is 27.7 Å². The smallest absolute Gasteiger partial charge is 0.329 e. The molecule has 0 bridgehead atoms. The van der Waals surface area contributed by atoms with Gasteiger partial charge in [-0.1, -0.05) is 0 Å². The molecular weight excluding hydrogens is 324 g/mol. The lowest BCUT2D eigenvalue weighted by Crippen LogP contribution is -2.46. The van der Waals surface area contributed by atoms with Gasteiger partial charge in [-0.25, -0.2) is 4.79 Å². The first-order valence-corrected chi connectivity index (χ1v) is 8.45. The Bertz CT molecular complexity index is 654. The minimum atomic E-state index is -4.45. The SMILES string of the molecule is CCOC(=O)C(CS(=O)(=O)O)NC(=O)c1ccc(N(C)C)cc1. The molecule has 0 aromatic heterocycles. The number of carbonyl (C=O) groups is 2. The molecule has 0 saturated heterocycles. The molecule has 128 valence electrons. The molecule has 0 radical (unpaired) electrons. The third-order valence-corrected chi connectivity index (χ3v) is 3.65. The van der Waals surface area contributed by atoms with Crippen LogP contribution in [0.4, 0.5) is 5.69 Å². The lowest BCUT2D eigenvalue weighted by Gasteiger charge is -2.16. The number of rotatable bonds is 7. The Balaban J connectivity index is 2.89. The van der Waals surface area contributed by atoms with Crippen LogP contribution in [0.2, 0.25) is 0 Å². The predicted octanol–water partition coefficient (Wildman–Crippen LogP) is 0.302. The van der Waals surface area contributed by atoms with Gasteiger partial charge in [0.2, 0.25) is 0 Å². The maximum absolute atomic E-state index is 12.1. The highest BCUT2D eigenvalue weighted by Gasteiger charge is 2.27. The average molecular weight is 344 g/mol. The predicted molar refractivity (Wildman–Crippen MR) is 85.1 cm³/mol. The van der Waals surface area contributed by atoms with Crippen molar-refractivity contribution in [1.29, 1.82) is 0 Å². The van der Waals surface area contributed by atoms with E-state index in [2.05, 4.69) is 5.32 Å². The summed E-state index contributed by atoms with van der Waals surface area (Å²) in [4.78, 5) is 25.7. The molecule has 0 spiro atoms. The van der Waals surface area contributed by atoms with Crippen molar-refractivity contribution in [2.45, 2.75) is 13.0 Å². The molecule has 0 aliphatic carbocycles. The number of hydrogen-bond acceptors (Lipinski definition) is 6. The van der Waals surface area contributed by atoms with Gasteiger partial charge in [0.15, 0.2) is 0 Å². The van der Waals surface area contributed by atoms with Crippen LogP contribution < -0.4 is 10.2 Å². The fourth-order valence-corrected chi connectivity index (χ4v) is 2.42. The Hall–Kier alpha value is -2.13. The topological polar surface area (TPSA) is 113 Å². The van der Waals surface area contributed by atoms with E-state index in [0.717, 1.165) is 5.69 Å². The van der Waals surface area contributed by atoms with Gasteiger partial charge in [-0.15, -0.1) is 0 Å². The molecule has 0 aliphatic rings. The second-order valence-electron chi connectivity index (χ2n) is 4.97. The van der Waals surface area contributed by atoms with Gasteiger partial charge in [0.05, 0.1) is 6.61 Å². The monoisotopic (exact) mass is 344 g/mol. The van der Waals surface area contributed by atoms with Crippen molar-refractivity contribution in [3.63, 3.8) is 0 Å². The van der Waals surface area contributed by atoms with Gasteiger partial charge in [-0.2, -0.15) is 8.42 Å². The first kappa shape index (κ1) is 18.9. The fraction of sp³-hybridized carbons (Fsp3) is 0.429. The molecule has 2 N–H and O–H groups in total. The Morgan fingerprint density at radius 3 is 2.26 bits per heavy atom. The number of hydrogen-bond donors (Lipinski definition) is 2. The van der Waals surface area contributed by atoms with Crippen molar-refractivity contribution in [2.24, 2.45) is 0 Å². The zero-order chi connectivity index (χ0) is 17.6. The van der Waals surface area contributed by atoms with E-state index < -0.39 is 33.8 Å². The van der Waals surface area contributed by atoms with Crippen LogP contribution in [0.15, 0.2) is 24.3 Å². The van der Waals surface area contributed by atoms with E-state index in [1.54, 1.807) is 31.2 Å². The van der Waals surface area contributed by atoms with Gasteiger partial charge >= 0.3 is 5.97 Å². The highest BCUT2D eigenvalue weighted by Crippen LogP contribution is 2.12. The van der Waals surface area contributed by atoms with E-state index in [0.29, 0.717) is 0 Å². The summed E-state index contributed by atoms with van der Waals surface area (Å²) in [5.41, 5.74) is 1.13. The number of carbonyl (C=O) groups excluding carboxylic acids is 2. The normalized spacial score (nSPS) is 12.3. The van der Waals surface area contributed by atoms with Crippen molar-refractivity contribution in [2.75, 3.05) is 31.4 Å². The molecule has 1 aromatic carbocycles. The summed E-state index contributed by atoms with van der Waals surface area (Å²) in [6.07, 6.45) is 0. The Labute approximate surface area is 135 Å². The minimum absolute atomic E-state index is 0.0220. The van der Waals surface area contributed by atoms with Crippen molar-refractivity contribution < 1.29 is 27.3 Å². The van der Waals surface area contributed by atoms with Crippen LogP contribution in [0.25, 0.3) is 0 Å². The number of nitrogens with zero attached hydrogens (tertiary/aromatic N) is 1. The van der Waals surface area contributed by atoms with Gasteiger partial charge in [0.1, 0.15) is 11.8 Å². The lowest BCUT2D eigenvalue weighted by atomic mass is 10.1. The van der Waals surface area contributed by atoms with Crippen LogP contribution in [0.1, 0.15) is 17.3 Å².